The summed E-state index contributed by atoms with van der Waals surface area (Å²) in [4.78, 5) is 20.8. The summed E-state index contributed by atoms with van der Waals surface area (Å²) in [5, 5.41) is 2.33. The Bertz CT molecular complexity index is 283. The number of carbonyl (C=O) groups is 1. The molecule has 0 saturated carbocycles. The van der Waals surface area contributed by atoms with Crippen molar-refractivity contribution in [3.8, 4) is 0 Å². The molecule has 0 amide bonds. The summed E-state index contributed by atoms with van der Waals surface area (Å²) >= 11 is 0. The normalized spacial score (nSPS) is 9.70. The molecule has 1 aromatic heterocycles. The number of hydrogen-bond acceptors (Lipinski definition) is 3. The Balaban J connectivity index is 2.76. The van der Waals surface area contributed by atoms with Crippen molar-refractivity contribution in [2.75, 3.05) is 0 Å². The molecule has 0 aliphatic heterocycles. The van der Waals surface area contributed by atoms with Gasteiger partial charge in [0.15, 0.2) is 0 Å². The Labute approximate surface area is 56.8 Å². The molecule has 0 aliphatic carbocycles. The van der Waals surface area contributed by atoms with Gasteiger partial charge in [0.05, 0.1) is 5.69 Å². The third-order valence-electron chi connectivity index (χ3n) is 1.01. The summed E-state index contributed by atoms with van der Waals surface area (Å²) in [6.07, 6.45) is 0.228. The maximum Gasteiger partial charge on any atom is 0.357 e. The Kier molecular flexibility index (Phi) is 1.71. The highest BCUT2D eigenvalue weighted by Gasteiger charge is 2.00. The van der Waals surface area contributed by atoms with Crippen LogP contribution >= 0.6 is 0 Å². The number of nitrogens with one attached hydrogen (secondary N) is 1. The molecule has 1 aromatic rings. The Morgan fingerprint density at radius 1 is 1.80 bits per heavy atom. The summed E-state index contributed by atoms with van der Waals surface area (Å²) in [5.41, 5.74) is 0.0775. The third kappa shape index (κ3) is 1.58. The molecule has 0 aliphatic rings. The van der Waals surface area contributed by atoms with Gasteiger partial charge < -0.3 is 4.52 Å². The first kappa shape index (κ1) is 6.80. The topological polar surface area (TPSA) is 63.1 Å². The maximum atomic E-state index is 10.5. The molecule has 4 nitrogen and oxygen atoms in total. The second kappa shape index (κ2) is 2.51. The van der Waals surface area contributed by atoms with Gasteiger partial charge in [-0.1, -0.05) is 0 Å². The lowest BCUT2D eigenvalue weighted by Gasteiger charge is -1.85. The molecule has 0 fully saturated rings. The number of aromatic nitrogens is 1. The van der Waals surface area contributed by atoms with Gasteiger partial charge in [0.1, 0.15) is 5.78 Å². The molecule has 0 bridgehead atoms. The van der Waals surface area contributed by atoms with Gasteiger partial charge in [-0.25, -0.2) is 9.95 Å². The molecular weight excluding hydrogens is 134 g/mol. The van der Waals surface area contributed by atoms with E-state index in [1.165, 1.54) is 13.0 Å². The molecule has 1 heterocycles. The molecular formula is C6H7NO3. The highest BCUT2D eigenvalue weighted by Crippen LogP contribution is 1.90. The largest absolute Gasteiger partial charge is 0.357 e. The van der Waals surface area contributed by atoms with Crippen LogP contribution in [0.15, 0.2) is 15.4 Å². The minimum absolute atomic E-state index is 0.00273. The molecule has 4 heteroatoms. The van der Waals surface area contributed by atoms with Crippen LogP contribution in [0.5, 0.6) is 0 Å². The zero-order valence-corrected chi connectivity index (χ0v) is 5.51. The van der Waals surface area contributed by atoms with Gasteiger partial charge in [0.2, 0.25) is 0 Å². The van der Waals surface area contributed by atoms with Crippen molar-refractivity contribution in [3.63, 3.8) is 0 Å². The van der Waals surface area contributed by atoms with E-state index < -0.39 is 5.63 Å². The summed E-state index contributed by atoms with van der Waals surface area (Å²) in [5.74, 6) is -0.00273. The first-order valence-corrected chi connectivity index (χ1v) is 2.85. The van der Waals surface area contributed by atoms with E-state index in [1.807, 2.05) is 0 Å². The average Bonchev–Trinajstić information content (AvgIpc) is 2.13. The van der Waals surface area contributed by atoms with E-state index in [2.05, 4.69) is 9.68 Å². The van der Waals surface area contributed by atoms with Gasteiger partial charge in [0, 0.05) is 12.5 Å². The van der Waals surface area contributed by atoms with E-state index in [0.717, 1.165) is 0 Å². The van der Waals surface area contributed by atoms with Crippen LogP contribution in [0, 0.1) is 0 Å². The second-order valence-electron chi connectivity index (χ2n) is 2.07. The van der Waals surface area contributed by atoms with Crippen molar-refractivity contribution in [1.82, 2.24) is 5.16 Å². The molecule has 10 heavy (non-hydrogen) atoms. The van der Waals surface area contributed by atoms with E-state index in [1.54, 1.807) is 0 Å². The fraction of sp³-hybridized carbons (Fsp3) is 0.333. The molecule has 0 aromatic carbocycles. The van der Waals surface area contributed by atoms with Gasteiger partial charge in [-0.15, -0.1) is 0 Å². The van der Waals surface area contributed by atoms with E-state index in [-0.39, 0.29) is 12.2 Å². The van der Waals surface area contributed by atoms with Gasteiger partial charge >= 0.3 is 5.63 Å². The summed E-state index contributed by atoms with van der Waals surface area (Å²) in [6, 6.07) is 1.27. The number of hydrogen-bond donors (Lipinski definition) is 1. The maximum absolute atomic E-state index is 10.5. The molecule has 0 unspecified atom stereocenters. The summed E-state index contributed by atoms with van der Waals surface area (Å²) in [7, 11) is 0. The first-order valence-electron chi connectivity index (χ1n) is 2.85. The molecule has 0 saturated heterocycles. The second-order valence-corrected chi connectivity index (χ2v) is 2.07. The van der Waals surface area contributed by atoms with E-state index >= 15 is 0 Å². The average molecular weight is 141 g/mol. The quantitative estimate of drug-likeness (QED) is 0.635. The Morgan fingerprint density at radius 2 is 2.50 bits per heavy atom. The smallest absolute Gasteiger partial charge is 0.339 e. The molecule has 1 rings (SSSR count). The number of ketones is 1. The predicted octanol–water partition coefficient (Wildman–Crippen LogP) is 0.0994. The zero-order valence-electron chi connectivity index (χ0n) is 5.51. The van der Waals surface area contributed by atoms with Crippen LogP contribution in [0.4, 0.5) is 0 Å². The van der Waals surface area contributed by atoms with Crippen LogP contribution < -0.4 is 5.63 Å². The number of carbonyl (C=O) groups excluding carboxylic acids is 1. The van der Waals surface area contributed by atoms with Crippen molar-refractivity contribution < 1.29 is 9.32 Å². The Morgan fingerprint density at radius 3 is 2.90 bits per heavy atom. The van der Waals surface area contributed by atoms with Crippen molar-refractivity contribution in [3.05, 3.63) is 22.2 Å². The van der Waals surface area contributed by atoms with Gasteiger partial charge in [-0.05, 0) is 6.92 Å². The lowest BCUT2D eigenvalue weighted by atomic mass is 10.2. The van der Waals surface area contributed by atoms with Crippen LogP contribution in [0.3, 0.4) is 0 Å². The highest BCUT2D eigenvalue weighted by molar-refractivity contribution is 5.77. The van der Waals surface area contributed by atoms with Crippen molar-refractivity contribution in [2.45, 2.75) is 13.3 Å². The lowest BCUT2D eigenvalue weighted by molar-refractivity contribution is -0.116. The monoisotopic (exact) mass is 141 g/mol. The van der Waals surface area contributed by atoms with Crippen LogP contribution in [0.25, 0.3) is 0 Å². The van der Waals surface area contributed by atoms with E-state index in [0.29, 0.717) is 5.69 Å². The Hall–Kier alpha value is -1.32. The minimum Gasteiger partial charge on any atom is -0.339 e. The fourth-order valence-electron chi connectivity index (χ4n) is 0.672. The third-order valence-corrected chi connectivity index (χ3v) is 1.01. The SMILES string of the molecule is CC(=O)Cc1cc(=O)o[nH]1. The van der Waals surface area contributed by atoms with Crippen molar-refractivity contribution in [2.24, 2.45) is 0 Å². The molecule has 1 N–H and O–H groups in total. The number of Topliss-reactive ketones (excluding diaryl/α,β-unsaturated/α-hetero) is 1. The number of rotatable bonds is 2. The van der Waals surface area contributed by atoms with Crippen LogP contribution in [-0.2, 0) is 11.2 Å². The minimum atomic E-state index is -0.448. The van der Waals surface area contributed by atoms with Crippen molar-refractivity contribution in [1.29, 1.82) is 0 Å². The van der Waals surface area contributed by atoms with Gasteiger partial charge in [0.25, 0.3) is 0 Å². The first-order chi connectivity index (χ1) is 4.68. The lowest BCUT2D eigenvalue weighted by Crippen LogP contribution is -1.96. The number of H-pyrrole nitrogens is 1. The zero-order chi connectivity index (χ0) is 7.56. The fourth-order valence-corrected chi connectivity index (χ4v) is 0.672. The summed E-state index contributed by atoms with van der Waals surface area (Å²) < 4.78 is 4.33. The van der Waals surface area contributed by atoms with Crippen LogP contribution in [0.1, 0.15) is 12.6 Å². The molecule has 0 spiro atoms. The standard InChI is InChI=1S/C6H7NO3/c1-4(8)2-5-3-6(9)10-7-5/h3,7H,2H2,1H3. The van der Waals surface area contributed by atoms with Gasteiger partial charge in [-0.3, -0.25) is 4.79 Å². The molecule has 0 atom stereocenters. The van der Waals surface area contributed by atoms with E-state index in [9.17, 15) is 9.59 Å². The van der Waals surface area contributed by atoms with E-state index in [4.69, 9.17) is 0 Å². The van der Waals surface area contributed by atoms with Crippen LogP contribution in [0.2, 0.25) is 0 Å². The van der Waals surface area contributed by atoms with Crippen LogP contribution in [-0.4, -0.2) is 10.9 Å². The van der Waals surface area contributed by atoms with Gasteiger partial charge in [-0.2, -0.15) is 0 Å². The molecule has 54 valence electrons. The van der Waals surface area contributed by atoms with Crippen molar-refractivity contribution >= 4 is 5.78 Å². The summed E-state index contributed by atoms with van der Waals surface area (Å²) in [6.45, 7) is 1.45. The molecule has 0 radical (unpaired) electrons. The highest BCUT2D eigenvalue weighted by atomic mass is 16.5. The predicted molar refractivity (Wildman–Crippen MR) is 33.7 cm³/mol. The number of aromatic amines is 1.